The first kappa shape index (κ1) is 16.4. The lowest BCUT2D eigenvalue weighted by Gasteiger charge is -2.13. The van der Waals surface area contributed by atoms with Crippen molar-refractivity contribution in [3.8, 4) is 0 Å². The quantitative estimate of drug-likeness (QED) is 0.500. The van der Waals surface area contributed by atoms with Crippen LogP contribution >= 0.6 is 11.8 Å². The molecule has 0 unspecified atom stereocenters. The Kier molecular flexibility index (Phi) is 5.83. The summed E-state index contributed by atoms with van der Waals surface area (Å²) in [6.07, 6.45) is 2.09. The van der Waals surface area contributed by atoms with Crippen LogP contribution < -0.4 is 10.6 Å². The summed E-state index contributed by atoms with van der Waals surface area (Å²) in [7, 11) is 1.74. The summed E-state index contributed by atoms with van der Waals surface area (Å²) in [6, 6.07) is 6.46. The largest absolute Gasteiger partial charge is 0.352 e. The van der Waals surface area contributed by atoms with Crippen LogP contribution in [0.2, 0.25) is 0 Å². The van der Waals surface area contributed by atoms with Gasteiger partial charge in [0.05, 0.1) is 6.54 Å². The zero-order valence-electron chi connectivity index (χ0n) is 13.3. The summed E-state index contributed by atoms with van der Waals surface area (Å²) in [5.74, 6) is 1.87. The molecule has 1 aromatic heterocycles. The molecule has 2 aromatic rings. The van der Waals surface area contributed by atoms with Gasteiger partial charge in [-0.1, -0.05) is 17.3 Å². The molecular formula is C15H21N5OS. The molecule has 0 aliphatic rings. The maximum Gasteiger partial charge on any atom is 0.223 e. The maximum absolute atomic E-state index is 4.94. The molecule has 7 heteroatoms. The van der Waals surface area contributed by atoms with E-state index in [4.69, 9.17) is 4.52 Å². The molecule has 0 fully saturated rings. The zero-order valence-corrected chi connectivity index (χ0v) is 14.1. The number of aryl methyl sites for hydroxylation is 2. The molecule has 0 spiro atoms. The van der Waals surface area contributed by atoms with Crippen LogP contribution in [0.1, 0.15) is 22.8 Å². The van der Waals surface area contributed by atoms with Crippen molar-refractivity contribution >= 4 is 17.7 Å². The molecule has 1 aromatic carbocycles. The highest BCUT2D eigenvalue weighted by atomic mass is 32.2. The van der Waals surface area contributed by atoms with Crippen LogP contribution in [0, 0.1) is 13.8 Å². The Morgan fingerprint density at radius 1 is 1.27 bits per heavy atom. The lowest BCUT2D eigenvalue weighted by atomic mass is 10.1. The van der Waals surface area contributed by atoms with Crippen molar-refractivity contribution in [2.45, 2.75) is 31.8 Å². The Labute approximate surface area is 134 Å². The summed E-state index contributed by atoms with van der Waals surface area (Å²) in [5.41, 5.74) is 2.51. The molecule has 6 nitrogen and oxygen atoms in total. The van der Waals surface area contributed by atoms with Gasteiger partial charge in [-0.05, 0) is 30.4 Å². The van der Waals surface area contributed by atoms with Crippen LogP contribution in [0.3, 0.4) is 0 Å². The normalized spacial score (nSPS) is 11.5. The first-order chi connectivity index (χ1) is 10.6. The van der Waals surface area contributed by atoms with Crippen molar-refractivity contribution in [3.05, 3.63) is 41.0 Å². The molecule has 0 aliphatic heterocycles. The Balaban J connectivity index is 1.91. The fourth-order valence-corrected chi connectivity index (χ4v) is 2.68. The molecule has 1 heterocycles. The van der Waals surface area contributed by atoms with Crippen molar-refractivity contribution in [3.63, 3.8) is 0 Å². The third-order valence-electron chi connectivity index (χ3n) is 3.10. The van der Waals surface area contributed by atoms with Gasteiger partial charge in [0.25, 0.3) is 0 Å². The van der Waals surface area contributed by atoms with Gasteiger partial charge in [0.1, 0.15) is 0 Å². The summed E-state index contributed by atoms with van der Waals surface area (Å²) in [4.78, 5) is 9.62. The van der Waals surface area contributed by atoms with Crippen LogP contribution in [-0.4, -0.2) is 29.4 Å². The topological polar surface area (TPSA) is 75.3 Å². The third-order valence-corrected chi connectivity index (χ3v) is 3.92. The highest BCUT2D eigenvalue weighted by Gasteiger charge is 2.06. The van der Waals surface area contributed by atoms with E-state index < -0.39 is 0 Å². The van der Waals surface area contributed by atoms with Gasteiger partial charge >= 0.3 is 0 Å². The number of guanidine groups is 1. The first-order valence-electron chi connectivity index (χ1n) is 6.99. The molecular weight excluding hydrogens is 298 g/mol. The number of benzene rings is 1. The van der Waals surface area contributed by atoms with Crippen molar-refractivity contribution in [2.24, 2.45) is 4.99 Å². The number of rotatable bonds is 5. The SMILES string of the molecule is CN=C(NCc1noc(C)n1)NCc1ccc(C)cc1SC. The molecule has 0 aliphatic carbocycles. The molecule has 0 amide bonds. The number of nitrogens with one attached hydrogen (secondary N) is 2. The zero-order chi connectivity index (χ0) is 15.9. The van der Waals surface area contributed by atoms with Crippen molar-refractivity contribution in [1.29, 1.82) is 0 Å². The van der Waals surface area contributed by atoms with Gasteiger partial charge < -0.3 is 15.2 Å². The first-order valence-corrected chi connectivity index (χ1v) is 8.22. The molecule has 2 N–H and O–H groups in total. The van der Waals surface area contributed by atoms with Gasteiger partial charge in [-0.25, -0.2) is 0 Å². The second-order valence-corrected chi connectivity index (χ2v) is 5.67. The highest BCUT2D eigenvalue weighted by Crippen LogP contribution is 2.21. The fourth-order valence-electron chi connectivity index (χ4n) is 1.97. The van der Waals surface area contributed by atoms with E-state index in [1.54, 1.807) is 25.7 Å². The van der Waals surface area contributed by atoms with Gasteiger partial charge in [-0.15, -0.1) is 11.8 Å². The predicted molar refractivity (Wildman–Crippen MR) is 89.0 cm³/mol. The van der Waals surface area contributed by atoms with Crippen molar-refractivity contribution < 1.29 is 4.52 Å². The molecule has 0 saturated heterocycles. The second kappa shape index (κ2) is 7.84. The average Bonchev–Trinajstić information content (AvgIpc) is 2.94. The molecule has 0 bridgehead atoms. The van der Waals surface area contributed by atoms with E-state index in [1.807, 2.05) is 0 Å². The van der Waals surface area contributed by atoms with Gasteiger partial charge in [0.2, 0.25) is 5.89 Å². The summed E-state index contributed by atoms with van der Waals surface area (Å²) in [6.45, 7) is 5.05. The molecule has 2 rings (SSSR count). The molecule has 118 valence electrons. The standard InChI is InChI=1S/C15H21N5OS/c1-10-5-6-12(13(7-10)22-4)8-17-15(16-3)18-9-14-19-11(2)21-20-14/h5-7H,8-9H2,1-4H3,(H2,16,17,18). The summed E-state index contributed by atoms with van der Waals surface area (Å²) >= 11 is 1.75. The molecule has 0 saturated carbocycles. The Morgan fingerprint density at radius 2 is 2.05 bits per heavy atom. The number of aliphatic imine (C=N–C) groups is 1. The third kappa shape index (κ3) is 4.49. The number of hydrogen-bond donors (Lipinski definition) is 2. The Bertz CT molecular complexity index is 653. The van der Waals surface area contributed by atoms with E-state index in [2.05, 4.69) is 57.1 Å². The molecule has 0 atom stereocenters. The second-order valence-electron chi connectivity index (χ2n) is 4.82. The van der Waals surface area contributed by atoms with Crippen LogP contribution in [-0.2, 0) is 13.1 Å². The number of nitrogens with zero attached hydrogens (tertiary/aromatic N) is 3. The smallest absolute Gasteiger partial charge is 0.223 e. The minimum absolute atomic E-state index is 0.473. The van der Waals surface area contributed by atoms with Gasteiger partial charge in [0, 0.05) is 25.4 Å². The Morgan fingerprint density at radius 3 is 2.68 bits per heavy atom. The van der Waals surface area contributed by atoms with E-state index in [0.29, 0.717) is 30.8 Å². The summed E-state index contributed by atoms with van der Waals surface area (Å²) < 4.78 is 4.94. The fraction of sp³-hybridized carbons (Fsp3) is 0.400. The van der Waals surface area contributed by atoms with E-state index in [-0.39, 0.29) is 0 Å². The van der Waals surface area contributed by atoms with E-state index in [0.717, 1.165) is 0 Å². The predicted octanol–water partition coefficient (Wildman–Crippen LogP) is 2.27. The minimum Gasteiger partial charge on any atom is -0.352 e. The lowest BCUT2D eigenvalue weighted by molar-refractivity contribution is 0.387. The van der Waals surface area contributed by atoms with E-state index >= 15 is 0 Å². The number of thioether (sulfide) groups is 1. The minimum atomic E-state index is 0.473. The van der Waals surface area contributed by atoms with E-state index in [1.165, 1.54) is 16.0 Å². The highest BCUT2D eigenvalue weighted by molar-refractivity contribution is 7.98. The number of aromatic nitrogens is 2. The number of hydrogen-bond acceptors (Lipinski definition) is 5. The Hall–Kier alpha value is -2.02. The van der Waals surface area contributed by atoms with Crippen molar-refractivity contribution in [1.82, 2.24) is 20.8 Å². The summed E-state index contributed by atoms with van der Waals surface area (Å²) in [5, 5.41) is 10.3. The van der Waals surface area contributed by atoms with Crippen LogP contribution in [0.5, 0.6) is 0 Å². The maximum atomic E-state index is 4.94. The molecule has 22 heavy (non-hydrogen) atoms. The van der Waals surface area contributed by atoms with Crippen LogP contribution in [0.15, 0.2) is 32.6 Å². The van der Waals surface area contributed by atoms with Gasteiger partial charge in [-0.3, -0.25) is 4.99 Å². The van der Waals surface area contributed by atoms with Crippen LogP contribution in [0.25, 0.3) is 0 Å². The lowest BCUT2D eigenvalue weighted by Crippen LogP contribution is -2.36. The van der Waals surface area contributed by atoms with E-state index in [9.17, 15) is 0 Å². The monoisotopic (exact) mass is 319 g/mol. The van der Waals surface area contributed by atoms with Crippen LogP contribution in [0.4, 0.5) is 0 Å². The average molecular weight is 319 g/mol. The van der Waals surface area contributed by atoms with Gasteiger partial charge in [0.15, 0.2) is 11.8 Å². The van der Waals surface area contributed by atoms with Crippen molar-refractivity contribution in [2.75, 3.05) is 13.3 Å². The molecule has 0 radical (unpaired) electrons. The van der Waals surface area contributed by atoms with Gasteiger partial charge in [-0.2, -0.15) is 4.98 Å².